The van der Waals surface area contributed by atoms with Crippen molar-refractivity contribution < 1.29 is 14.5 Å². The van der Waals surface area contributed by atoms with Crippen LogP contribution in [0.15, 0.2) is 41.1 Å². The summed E-state index contributed by atoms with van der Waals surface area (Å²) in [4.78, 5) is 22.6. The summed E-state index contributed by atoms with van der Waals surface area (Å²) in [7, 11) is 1.27. The van der Waals surface area contributed by atoms with Gasteiger partial charge in [0.2, 0.25) is 5.91 Å². The van der Waals surface area contributed by atoms with Gasteiger partial charge < -0.3 is 10.1 Å². The number of rotatable bonds is 7. The average molecular weight is 470 g/mol. The van der Waals surface area contributed by atoms with E-state index in [9.17, 15) is 14.9 Å². The summed E-state index contributed by atoms with van der Waals surface area (Å²) in [5.74, 6) is -0.308. The zero-order valence-corrected chi connectivity index (χ0v) is 16.8. The van der Waals surface area contributed by atoms with Gasteiger partial charge in [-0.05, 0) is 27.6 Å². The topological polar surface area (TPSA) is 117 Å². The molecule has 146 valence electrons. The van der Waals surface area contributed by atoms with Crippen LogP contribution in [0, 0.1) is 10.1 Å². The van der Waals surface area contributed by atoms with E-state index in [2.05, 4.69) is 31.4 Å². The van der Waals surface area contributed by atoms with Crippen LogP contribution in [0.3, 0.4) is 0 Å². The van der Waals surface area contributed by atoms with E-state index in [1.54, 1.807) is 16.9 Å². The standard InChI is InChI=1S/C16H14BrClN6O4/c1-28-16-13(24(26)27)8-23(21-16)9-14(25)19-15-11(17)7-22(20-15)6-10-4-2-3-5-12(10)18/h2-5,7-8H,6,9H2,1H3,(H,19,20,25). The van der Waals surface area contributed by atoms with Crippen LogP contribution in [0.4, 0.5) is 11.5 Å². The van der Waals surface area contributed by atoms with Crippen molar-refractivity contribution in [2.75, 3.05) is 12.4 Å². The summed E-state index contributed by atoms with van der Waals surface area (Å²) < 4.78 is 8.17. The van der Waals surface area contributed by atoms with Crippen LogP contribution in [-0.4, -0.2) is 37.5 Å². The average Bonchev–Trinajstić information content (AvgIpc) is 3.20. The van der Waals surface area contributed by atoms with Crippen LogP contribution in [0.2, 0.25) is 5.02 Å². The molecule has 1 aromatic carbocycles. The molecular formula is C16H14BrClN6O4. The molecule has 1 amide bonds. The first-order valence-corrected chi connectivity index (χ1v) is 9.06. The molecule has 0 saturated carbocycles. The third-order valence-electron chi connectivity index (χ3n) is 3.67. The molecule has 0 atom stereocenters. The molecule has 0 aliphatic heterocycles. The molecule has 3 aromatic rings. The van der Waals surface area contributed by atoms with Crippen LogP contribution in [-0.2, 0) is 17.9 Å². The second kappa shape index (κ2) is 8.40. The van der Waals surface area contributed by atoms with E-state index in [1.165, 1.54) is 7.11 Å². The largest absolute Gasteiger partial charge is 0.475 e. The van der Waals surface area contributed by atoms with E-state index in [-0.39, 0.29) is 18.1 Å². The molecule has 3 rings (SSSR count). The Morgan fingerprint density at radius 3 is 2.71 bits per heavy atom. The highest BCUT2D eigenvalue weighted by atomic mass is 79.9. The summed E-state index contributed by atoms with van der Waals surface area (Å²) in [5.41, 5.74) is 0.563. The van der Waals surface area contributed by atoms with Crippen molar-refractivity contribution in [3.05, 3.63) is 61.8 Å². The van der Waals surface area contributed by atoms with Gasteiger partial charge in [-0.15, -0.1) is 5.10 Å². The highest BCUT2D eigenvalue weighted by Gasteiger charge is 2.21. The van der Waals surface area contributed by atoms with Gasteiger partial charge in [0, 0.05) is 11.2 Å². The molecule has 1 N–H and O–H groups in total. The van der Waals surface area contributed by atoms with Gasteiger partial charge in [-0.2, -0.15) is 5.10 Å². The summed E-state index contributed by atoms with van der Waals surface area (Å²) in [5, 5.41) is 22.4. The van der Waals surface area contributed by atoms with Crippen LogP contribution in [0.5, 0.6) is 5.88 Å². The normalized spacial score (nSPS) is 10.7. The fourth-order valence-corrected chi connectivity index (χ4v) is 3.04. The molecule has 0 aliphatic rings. The predicted molar refractivity (Wildman–Crippen MR) is 105 cm³/mol. The van der Waals surface area contributed by atoms with Crippen LogP contribution < -0.4 is 10.1 Å². The number of hydrogen-bond donors (Lipinski definition) is 1. The number of hydrogen-bond acceptors (Lipinski definition) is 6. The summed E-state index contributed by atoms with van der Waals surface area (Å²) in [6, 6.07) is 7.38. The Balaban J connectivity index is 1.69. The molecule has 28 heavy (non-hydrogen) atoms. The summed E-state index contributed by atoms with van der Waals surface area (Å²) in [6.45, 7) is 0.185. The van der Waals surface area contributed by atoms with Gasteiger partial charge in [-0.1, -0.05) is 29.8 Å². The van der Waals surface area contributed by atoms with Crippen molar-refractivity contribution in [1.29, 1.82) is 0 Å². The molecule has 0 saturated heterocycles. The minimum Gasteiger partial charge on any atom is -0.475 e. The first-order valence-electron chi connectivity index (χ1n) is 7.89. The lowest BCUT2D eigenvalue weighted by Crippen LogP contribution is -2.19. The molecule has 10 nitrogen and oxygen atoms in total. The Labute approximate surface area is 172 Å². The van der Waals surface area contributed by atoms with E-state index in [0.717, 1.165) is 16.4 Å². The minimum absolute atomic E-state index is 0.164. The van der Waals surface area contributed by atoms with Gasteiger partial charge in [0.05, 0.1) is 23.1 Å². The lowest BCUT2D eigenvalue weighted by atomic mass is 10.2. The third-order valence-corrected chi connectivity index (χ3v) is 4.62. The predicted octanol–water partition coefficient (Wildman–Crippen LogP) is 3.10. The molecule has 0 fully saturated rings. The van der Waals surface area contributed by atoms with Crippen molar-refractivity contribution in [2.45, 2.75) is 13.1 Å². The number of benzene rings is 1. The molecule has 0 bridgehead atoms. The van der Waals surface area contributed by atoms with Crippen LogP contribution >= 0.6 is 27.5 Å². The first-order chi connectivity index (χ1) is 13.4. The number of anilines is 1. The van der Waals surface area contributed by atoms with Gasteiger partial charge in [0.1, 0.15) is 12.7 Å². The minimum atomic E-state index is -0.632. The van der Waals surface area contributed by atoms with E-state index in [0.29, 0.717) is 21.9 Å². The smallest absolute Gasteiger partial charge is 0.350 e. The van der Waals surface area contributed by atoms with Crippen molar-refractivity contribution >= 4 is 44.9 Å². The number of halogens is 2. The molecule has 0 radical (unpaired) electrons. The van der Waals surface area contributed by atoms with E-state index in [4.69, 9.17) is 16.3 Å². The number of carbonyl (C=O) groups excluding carboxylic acids is 1. The fourth-order valence-electron chi connectivity index (χ4n) is 2.43. The maximum atomic E-state index is 12.3. The number of aromatic nitrogens is 4. The number of nitrogens with one attached hydrogen (secondary N) is 1. The van der Waals surface area contributed by atoms with E-state index in [1.807, 2.05) is 18.2 Å². The molecular weight excluding hydrogens is 456 g/mol. The fraction of sp³-hybridized carbons (Fsp3) is 0.188. The quantitative estimate of drug-likeness (QED) is 0.420. The van der Waals surface area contributed by atoms with Gasteiger partial charge in [-0.3, -0.25) is 24.3 Å². The lowest BCUT2D eigenvalue weighted by molar-refractivity contribution is -0.385. The van der Waals surface area contributed by atoms with E-state index >= 15 is 0 Å². The molecule has 2 aromatic heterocycles. The van der Waals surface area contributed by atoms with Crippen molar-refractivity contribution in [3.63, 3.8) is 0 Å². The Morgan fingerprint density at radius 1 is 1.32 bits per heavy atom. The highest BCUT2D eigenvalue weighted by Crippen LogP contribution is 2.25. The maximum Gasteiger partial charge on any atom is 0.350 e. The van der Waals surface area contributed by atoms with Gasteiger partial charge in [0.25, 0.3) is 0 Å². The Bertz CT molecular complexity index is 1030. The molecule has 2 heterocycles. The summed E-state index contributed by atoms with van der Waals surface area (Å²) in [6.07, 6.45) is 2.84. The zero-order valence-electron chi connectivity index (χ0n) is 14.5. The van der Waals surface area contributed by atoms with Crippen LogP contribution in [0.25, 0.3) is 0 Å². The number of nitro groups is 1. The second-order valence-corrected chi connectivity index (χ2v) is 6.90. The Morgan fingerprint density at radius 2 is 2.07 bits per heavy atom. The molecule has 0 aliphatic carbocycles. The third kappa shape index (κ3) is 4.49. The number of nitrogens with zero attached hydrogens (tertiary/aromatic N) is 5. The van der Waals surface area contributed by atoms with Gasteiger partial charge in [-0.25, -0.2) is 0 Å². The zero-order chi connectivity index (χ0) is 20.3. The monoisotopic (exact) mass is 468 g/mol. The van der Waals surface area contributed by atoms with Gasteiger partial charge >= 0.3 is 11.6 Å². The Hall–Kier alpha value is -2.92. The maximum absolute atomic E-state index is 12.3. The SMILES string of the molecule is COc1nn(CC(=O)Nc2nn(Cc3ccccc3Cl)cc2Br)cc1[N+](=O)[O-]. The number of methoxy groups -OCH3 is 1. The van der Waals surface area contributed by atoms with Crippen LogP contribution in [0.1, 0.15) is 5.56 Å². The molecule has 12 heteroatoms. The van der Waals surface area contributed by atoms with Crippen molar-refractivity contribution in [2.24, 2.45) is 0 Å². The second-order valence-electron chi connectivity index (χ2n) is 5.64. The number of amides is 1. The lowest BCUT2D eigenvalue weighted by Gasteiger charge is -2.04. The van der Waals surface area contributed by atoms with Crippen molar-refractivity contribution in [3.8, 4) is 5.88 Å². The Kier molecular flexibility index (Phi) is 5.95. The first kappa shape index (κ1) is 19.8. The number of carbonyl (C=O) groups is 1. The molecule has 0 unspecified atom stereocenters. The molecule has 0 spiro atoms. The summed E-state index contributed by atoms with van der Waals surface area (Å²) >= 11 is 9.50. The van der Waals surface area contributed by atoms with Gasteiger partial charge in [0.15, 0.2) is 5.82 Å². The number of ether oxygens (including phenoxy) is 1. The highest BCUT2D eigenvalue weighted by molar-refractivity contribution is 9.10. The van der Waals surface area contributed by atoms with E-state index < -0.39 is 10.8 Å². The van der Waals surface area contributed by atoms with Crippen molar-refractivity contribution in [1.82, 2.24) is 19.6 Å².